The Kier molecular flexibility index (Phi) is 10.8. The quantitative estimate of drug-likeness (QED) is 0.241. The lowest BCUT2D eigenvalue weighted by Gasteiger charge is -2.24. The summed E-state index contributed by atoms with van der Waals surface area (Å²) in [6.45, 7) is 9.82. The van der Waals surface area contributed by atoms with Crippen molar-refractivity contribution in [3.05, 3.63) is 35.0 Å². The Bertz CT molecular complexity index is 790. The molecule has 0 aliphatic rings. The first-order chi connectivity index (χ1) is 14.9. The molecule has 2 aromatic heterocycles. The van der Waals surface area contributed by atoms with Crippen LogP contribution in [0, 0.1) is 0 Å². The second-order valence-electron chi connectivity index (χ2n) is 8.41. The summed E-state index contributed by atoms with van der Waals surface area (Å²) in [6, 6.07) is 4.33. The predicted octanol–water partition coefficient (Wildman–Crippen LogP) is 6.47. The van der Waals surface area contributed by atoms with Gasteiger partial charge in [-0.05, 0) is 51.2 Å². The van der Waals surface area contributed by atoms with Crippen molar-refractivity contribution in [3.63, 3.8) is 0 Å². The molecule has 0 spiro atoms. The fourth-order valence-electron chi connectivity index (χ4n) is 3.22. The highest BCUT2D eigenvalue weighted by molar-refractivity contribution is 8.02. The Labute approximate surface area is 195 Å². The lowest BCUT2D eigenvalue weighted by atomic mass is 10.1. The van der Waals surface area contributed by atoms with Crippen LogP contribution >= 0.6 is 23.1 Å². The molecule has 0 saturated carbocycles. The maximum absolute atomic E-state index is 11.3. The highest BCUT2D eigenvalue weighted by Crippen LogP contribution is 2.34. The van der Waals surface area contributed by atoms with Gasteiger partial charge in [0, 0.05) is 24.7 Å². The Morgan fingerprint density at radius 2 is 1.87 bits per heavy atom. The summed E-state index contributed by atoms with van der Waals surface area (Å²) in [6.07, 6.45) is 11.2. The van der Waals surface area contributed by atoms with Crippen molar-refractivity contribution in [2.24, 2.45) is 0 Å². The topological polar surface area (TPSA) is 66.3 Å². The summed E-state index contributed by atoms with van der Waals surface area (Å²) >= 11 is 2.86. The van der Waals surface area contributed by atoms with Crippen LogP contribution < -0.4 is 4.90 Å². The summed E-state index contributed by atoms with van der Waals surface area (Å²) in [5.41, 5.74) is 2.31. The third-order valence-electron chi connectivity index (χ3n) is 5.32. The molecule has 2 heterocycles. The number of aliphatic carboxylic acids is 1. The zero-order valence-electron chi connectivity index (χ0n) is 19.4. The largest absolute Gasteiger partial charge is 0.480 e. The van der Waals surface area contributed by atoms with E-state index in [0.29, 0.717) is 0 Å². The molecule has 0 aliphatic carbocycles. The molecule has 2 aromatic rings. The van der Waals surface area contributed by atoms with E-state index in [1.807, 2.05) is 6.20 Å². The maximum Gasteiger partial charge on any atom is 0.319 e. The molecule has 0 aromatic carbocycles. The Balaban J connectivity index is 1.91. The minimum Gasteiger partial charge on any atom is -0.480 e. The van der Waals surface area contributed by atoms with Crippen molar-refractivity contribution >= 4 is 34.9 Å². The number of pyridine rings is 1. The fraction of sp³-hybridized carbons (Fsp3) is 0.625. The Morgan fingerprint density at radius 3 is 2.52 bits per heavy atom. The van der Waals surface area contributed by atoms with E-state index in [1.165, 1.54) is 60.8 Å². The van der Waals surface area contributed by atoms with Crippen molar-refractivity contribution in [1.29, 1.82) is 0 Å². The molecule has 0 fully saturated rings. The van der Waals surface area contributed by atoms with Gasteiger partial charge in [0.15, 0.2) is 4.34 Å². The highest BCUT2D eigenvalue weighted by Gasteiger charge is 2.29. The van der Waals surface area contributed by atoms with Gasteiger partial charge in [-0.2, -0.15) is 0 Å². The minimum absolute atomic E-state index is 0.814. The second-order valence-corrected chi connectivity index (χ2v) is 11.1. The van der Waals surface area contributed by atoms with Crippen LogP contribution in [0.5, 0.6) is 0 Å². The molecule has 1 N–H and O–H groups in total. The SMILES string of the molecule is CCCCCCCN(CCCc1csc(SC(C)(C)C(=O)O)n1)c1ccc(CC)cn1. The van der Waals surface area contributed by atoms with E-state index < -0.39 is 10.7 Å². The average molecular weight is 464 g/mol. The first-order valence-electron chi connectivity index (χ1n) is 11.4. The predicted molar refractivity (Wildman–Crippen MR) is 133 cm³/mol. The van der Waals surface area contributed by atoms with Crippen LogP contribution in [0.3, 0.4) is 0 Å². The van der Waals surface area contributed by atoms with Gasteiger partial charge < -0.3 is 10.0 Å². The average Bonchev–Trinajstić information content (AvgIpc) is 3.18. The van der Waals surface area contributed by atoms with E-state index in [1.54, 1.807) is 13.8 Å². The number of carbonyl (C=O) groups is 1. The van der Waals surface area contributed by atoms with Gasteiger partial charge in [0.05, 0.1) is 5.69 Å². The first kappa shape index (κ1) is 25.7. The number of hydrogen-bond acceptors (Lipinski definition) is 6. The molecule has 31 heavy (non-hydrogen) atoms. The molecule has 172 valence electrons. The molecule has 0 aliphatic heterocycles. The van der Waals surface area contributed by atoms with Gasteiger partial charge in [-0.1, -0.05) is 57.4 Å². The number of anilines is 1. The molecule has 0 bridgehead atoms. The van der Waals surface area contributed by atoms with Gasteiger partial charge >= 0.3 is 5.97 Å². The number of rotatable bonds is 15. The maximum atomic E-state index is 11.3. The number of nitrogens with zero attached hydrogens (tertiary/aromatic N) is 3. The zero-order valence-corrected chi connectivity index (χ0v) is 21.0. The molecule has 0 unspecified atom stereocenters. The smallest absolute Gasteiger partial charge is 0.319 e. The Hall–Kier alpha value is -1.60. The number of thiazole rings is 1. The van der Waals surface area contributed by atoms with Gasteiger partial charge in [0.25, 0.3) is 0 Å². The van der Waals surface area contributed by atoms with E-state index >= 15 is 0 Å². The molecule has 0 amide bonds. The van der Waals surface area contributed by atoms with Crippen LogP contribution in [0.25, 0.3) is 0 Å². The number of hydrogen-bond donors (Lipinski definition) is 1. The number of carboxylic acid groups (broad SMARTS) is 1. The molecular weight excluding hydrogens is 426 g/mol. The van der Waals surface area contributed by atoms with Crippen LogP contribution in [0.15, 0.2) is 28.0 Å². The number of carboxylic acids is 1. The summed E-state index contributed by atoms with van der Waals surface area (Å²) < 4.78 is -0.0352. The number of thioether (sulfide) groups is 1. The Morgan fingerprint density at radius 1 is 1.13 bits per heavy atom. The number of unbranched alkanes of at least 4 members (excludes halogenated alkanes) is 4. The van der Waals surface area contributed by atoms with Gasteiger partial charge in [-0.25, -0.2) is 9.97 Å². The first-order valence-corrected chi connectivity index (χ1v) is 13.1. The van der Waals surface area contributed by atoms with E-state index in [-0.39, 0.29) is 0 Å². The lowest BCUT2D eigenvalue weighted by Crippen LogP contribution is -2.27. The van der Waals surface area contributed by atoms with Crippen molar-refractivity contribution in [2.75, 3.05) is 18.0 Å². The van der Waals surface area contributed by atoms with Crippen molar-refractivity contribution in [2.45, 2.75) is 88.1 Å². The van der Waals surface area contributed by atoms with Crippen LogP contribution in [0.2, 0.25) is 0 Å². The third kappa shape index (κ3) is 8.81. The molecule has 0 atom stereocenters. The van der Waals surface area contributed by atoms with Gasteiger partial charge in [-0.15, -0.1) is 11.3 Å². The van der Waals surface area contributed by atoms with Gasteiger partial charge in [0.2, 0.25) is 0 Å². The van der Waals surface area contributed by atoms with Crippen LogP contribution in [-0.2, 0) is 17.6 Å². The van der Waals surface area contributed by atoms with Crippen molar-refractivity contribution < 1.29 is 9.90 Å². The van der Waals surface area contributed by atoms with E-state index in [2.05, 4.69) is 41.2 Å². The molecule has 2 rings (SSSR count). The van der Waals surface area contributed by atoms with Gasteiger partial charge in [0.1, 0.15) is 10.6 Å². The molecule has 0 radical (unpaired) electrons. The van der Waals surface area contributed by atoms with Crippen molar-refractivity contribution in [3.8, 4) is 0 Å². The zero-order chi connectivity index (χ0) is 22.7. The molecule has 0 saturated heterocycles. The van der Waals surface area contributed by atoms with E-state index in [9.17, 15) is 9.90 Å². The summed E-state index contributed by atoms with van der Waals surface area (Å²) in [5.74, 6) is 0.246. The van der Waals surface area contributed by atoms with E-state index in [4.69, 9.17) is 4.98 Å². The van der Waals surface area contributed by atoms with Crippen LogP contribution in [-0.4, -0.2) is 38.9 Å². The lowest BCUT2D eigenvalue weighted by molar-refractivity contribution is -0.138. The van der Waals surface area contributed by atoms with Crippen LogP contribution in [0.4, 0.5) is 5.82 Å². The number of aryl methyl sites for hydroxylation is 2. The van der Waals surface area contributed by atoms with E-state index in [0.717, 1.165) is 48.2 Å². The normalized spacial score (nSPS) is 11.6. The minimum atomic E-state index is -0.861. The van der Waals surface area contributed by atoms with Gasteiger partial charge in [-0.3, -0.25) is 4.79 Å². The standard InChI is InChI=1S/C24H37N3O2S2/c1-5-7-8-9-10-15-27(21-14-13-19(6-2)17-25-21)16-11-12-20-18-30-23(26-20)31-24(3,4)22(28)29/h13-14,17-18H,5-12,15-16H2,1-4H3,(H,28,29). The molecule has 7 heteroatoms. The van der Waals surface area contributed by atoms with Crippen LogP contribution in [0.1, 0.15) is 77.5 Å². The summed E-state index contributed by atoms with van der Waals surface area (Å²) in [5, 5.41) is 11.4. The van der Waals surface area contributed by atoms with Crippen molar-refractivity contribution in [1.82, 2.24) is 9.97 Å². The third-order valence-corrected chi connectivity index (χ3v) is 7.49. The second kappa shape index (κ2) is 13.1. The molecular formula is C24H37N3O2S2. The monoisotopic (exact) mass is 463 g/mol. The number of aromatic nitrogens is 2. The highest BCUT2D eigenvalue weighted by atomic mass is 32.2. The summed E-state index contributed by atoms with van der Waals surface area (Å²) in [7, 11) is 0. The summed E-state index contributed by atoms with van der Waals surface area (Å²) in [4.78, 5) is 23.1. The molecule has 5 nitrogen and oxygen atoms in total. The fourth-order valence-corrected chi connectivity index (χ4v) is 5.45.